The van der Waals surface area contributed by atoms with Gasteiger partial charge in [0.25, 0.3) is 0 Å². The van der Waals surface area contributed by atoms with Crippen molar-refractivity contribution in [2.75, 3.05) is 75.6 Å². The number of ether oxygens (including phenoxy) is 2. The maximum atomic E-state index is 12.6. The first-order valence-corrected chi connectivity index (χ1v) is 42.8. The Morgan fingerprint density at radius 1 is 0.536 bits per heavy atom. The van der Waals surface area contributed by atoms with E-state index in [-0.39, 0.29) is 113 Å². The number of rotatable bonds is 42. The van der Waals surface area contributed by atoms with Crippen LogP contribution in [-0.4, -0.2) is 268 Å². The Bertz CT molecular complexity index is 4270. The van der Waals surface area contributed by atoms with Crippen molar-refractivity contribution >= 4 is 156 Å². The standard InChI is InChI=1S/C25H40N7O18P3S.C23H38N7O17P3S.C4H6O3/c1-13(33)8-16(35)54-7-6-27-15(34)4-5-28-23(38)20(37)25(2,3)10-47-53(44,45)50-52(42,43)46-9-14-19(49-51(39,40)41)18(36)24(48-14)32-12-31-17-21(26)29-11-30-22(17)32;1-12(31)51-7-6-25-14(32)4-5-26-21(35)18(34)23(2,3)9-44-50(41,42)47-49(39,40)43-8-13-17(46-48(36,37)38)16(33)22(45-13)30-11-29-15-19(24)27-10-28-20(15)30;1-3(5)2-4(6)7/h11-12,14,18-20,24,36-37H,4-10H2,1-3H3,(H,27,34)(H,28,38)(H,42,43)(H,44,45)(H2,26,29,30)(H2,39,40,41);10-11,13,16-18,22,33-34H,4-9H2,1-3H3,(H,25,32)(H,26,35)(H,39,40)(H,41,42)(H2,24,27,28)(H2,36,37,38);2H2,1H3,(H,6,7)/t14-,18-,19-,20+,24-;13-,16-,17-,18+,22-;/m11./s1. The molecule has 2 fully saturated rings. The Balaban J connectivity index is 0.000000435. The fraction of sp³-hybridized carbons (Fsp3) is 0.635. The van der Waals surface area contributed by atoms with Crippen molar-refractivity contribution in [1.82, 2.24) is 60.3 Å². The summed E-state index contributed by atoms with van der Waals surface area (Å²) in [5.41, 5.74) is 8.48. The molecular formula is C52H84N14O38P6S2. The van der Waals surface area contributed by atoms with Crippen LogP contribution in [0.25, 0.3) is 22.3 Å². The number of thioether (sulfide) groups is 2. The van der Waals surface area contributed by atoms with E-state index < -0.39 is 175 Å². The number of phosphoric ester groups is 6. The minimum Gasteiger partial charge on any atom is -0.481 e. The molecule has 632 valence electrons. The van der Waals surface area contributed by atoms with Crippen LogP contribution in [0.1, 0.15) is 86.6 Å². The van der Waals surface area contributed by atoms with E-state index >= 15 is 0 Å². The molecule has 0 bridgehead atoms. The highest BCUT2D eigenvalue weighted by molar-refractivity contribution is 8.13. The number of phosphoric acid groups is 6. The Kier molecular flexibility index (Phi) is 37.5. The predicted molar refractivity (Wildman–Crippen MR) is 378 cm³/mol. The monoisotopic (exact) mass is 1760 g/mol. The lowest BCUT2D eigenvalue weighted by molar-refractivity contribution is -0.140. The Hall–Kier alpha value is -6.07. The second-order valence-electron chi connectivity index (χ2n) is 24.9. The third-order valence-corrected chi connectivity index (χ3v) is 22.3. The molecular weight excluding hydrogens is 1680 g/mol. The molecule has 52 nitrogen and oxygen atoms in total. The molecule has 0 aliphatic carbocycles. The number of amides is 4. The van der Waals surface area contributed by atoms with Crippen LogP contribution < -0.4 is 32.7 Å². The molecule has 0 aromatic carbocycles. The Morgan fingerprint density at radius 3 is 1.22 bits per heavy atom. The molecule has 4 amide bonds. The van der Waals surface area contributed by atoms with E-state index in [1.165, 1.54) is 48.5 Å². The summed E-state index contributed by atoms with van der Waals surface area (Å²) in [7, 11) is -32.8. The Labute approximate surface area is 641 Å². The zero-order valence-electron chi connectivity index (χ0n) is 59.7. The summed E-state index contributed by atoms with van der Waals surface area (Å²) in [6, 6.07) is 0. The molecule has 60 heteroatoms. The van der Waals surface area contributed by atoms with Crippen molar-refractivity contribution in [1.29, 1.82) is 0 Å². The number of Topliss-reactive ketones (excluding diaryl/α,β-unsaturated/α-hetero) is 2. The number of imidazole rings is 2. The molecule has 2 aliphatic rings. The van der Waals surface area contributed by atoms with E-state index in [0.29, 0.717) is 5.75 Å². The van der Waals surface area contributed by atoms with Gasteiger partial charge in [-0.2, -0.15) is 8.62 Å². The minimum atomic E-state index is -5.58. The number of fused-ring (bicyclic) bond motifs is 2. The Morgan fingerprint density at radius 2 is 0.893 bits per heavy atom. The van der Waals surface area contributed by atoms with Crippen LogP contribution in [0.4, 0.5) is 11.6 Å². The fourth-order valence-electron chi connectivity index (χ4n) is 9.09. The van der Waals surface area contributed by atoms with Gasteiger partial charge in [0.05, 0.1) is 45.5 Å². The van der Waals surface area contributed by atoms with Crippen molar-refractivity contribution in [2.24, 2.45) is 10.8 Å². The van der Waals surface area contributed by atoms with Gasteiger partial charge < -0.3 is 107 Å². The number of carboxylic acid groups (broad SMARTS) is 1. The van der Waals surface area contributed by atoms with E-state index in [0.717, 1.165) is 58.0 Å². The molecule has 0 radical (unpaired) electrons. The maximum Gasteiger partial charge on any atom is 0.481 e. The summed E-state index contributed by atoms with van der Waals surface area (Å²) in [5, 5.41) is 59.7. The number of aliphatic carboxylic acids is 1. The highest BCUT2D eigenvalue weighted by Gasteiger charge is 2.53. The van der Waals surface area contributed by atoms with Gasteiger partial charge in [0, 0.05) is 68.3 Å². The largest absolute Gasteiger partial charge is 0.481 e. The molecule has 6 heterocycles. The smallest absolute Gasteiger partial charge is 0.481 e. The van der Waals surface area contributed by atoms with Gasteiger partial charge in [-0.1, -0.05) is 51.2 Å². The van der Waals surface area contributed by atoms with E-state index in [2.05, 4.69) is 68.8 Å². The van der Waals surface area contributed by atoms with Crippen molar-refractivity contribution in [2.45, 2.75) is 135 Å². The second kappa shape index (κ2) is 42.7. The molecule has 0 saturated carbocycles. The lowest BCUT2D eigenvalue weighted by Crippen LogP contribution is -2.46. The molecule has 14 atom stereocenters. The van der Waals surface area contributed by atoms with Crippen molar-refractivity contribution < 1.29 is 180 Å². The number of aliphatic hydroxyl groups is 4. The maximum absolute atomic E-state index is 12.6. The van der Waals surface area contributed by atoms with E-state index in [4.69, 9.17) is 44.1 Å². The number of carbonyl (C=O) groups excluding carboxylic acids is 8. The molecule has 4 aromatic rings. The van der Waals surface area contributed by atoms with Crippen LogP contribution in [0, 0.1) is 10.8 Å². The number of nitrogens with one attached hydrogen (secondary N) is 4. The molecule has 112 heavy (non-hydrogen) atoms. The summed E-state index contributed by atoms with van der Waals surface area (Å²) < 4.78 is 124. The minimum absolute atomic E-state index is 0.0240. The first-order valence-electron chi connectivity index (χ1n) is 31.8. The third kappa shape index (κ3) is 33.3. The summed E-state index contributed by atoms with van der Waals surface area (Å²) >= 11 is 1.90. The molecule has 2 aliphatic heterocycles. The number of hydrogen-bond acceptors (Lipinski definition) is 39. The van der Waals surface area contributed by atoms with Crippen LogP contribution in [-0.2, 0) is 116 Å². The van der Waals surface area contributed by atoms with Gasteiger partial charge in [0.1, 0.15) is 90.5 Å². The SMILES string of the molecule is CC(=O)CC(=O)O.CC(=O)CC(=O)SCCNC(=O)CCNC(=O)[C@H](O)C(C)(C)COP(=O)(O)OP(=O)(O)OC[C@H]1O[C@@H](n2cnc3c(N)ncnc32)[C@H](O)[C@@H]1OP(=O)(O)O.CC(=O)SCCNC(=O)CCNC(=O)[C@H](O)C(C)(C)COP(=O)(O)OP(=O)(O)OC[C@H]1O[C@@H](n2cnc3c(N)ncnc32)[C@H](O)[C@@H]1OP(=O)(O)O. The number of nitrogens with two attached hydrogens (primary N) is 2. The first-order chi connectivity index (χ1) is 51.6. The third-order valence-electron chi connectivity index (χ3n) is 14.4. The highest BCUT2D eigenvalue weighted by atomic mass is 32.2. The fourth-order valence-corrected chi connectivity index (χ4v) is 16.0. The molecule has 6 rings (SSSR count). The van der Waals surface area contributed by atoms with Crippen molar-refractivity contribution in [3.05, 3.63) is 25.3 Å². The molecule has 2 saturated heterocycles. The number of hydrogen-bond donors (Lipinski definition) is 19. The quantitative estimate of drug-likeness (QED) is 0.0123. The predicted octanol–water partition coefficient (Wildman–Crippen LogP) is -2.62. The summed E-state index contributed by atoms with van der Waals surface area (Å²) in [6.07, 6.45) is -14.5. The lowest BCUT2D eigenvalue weighted by Gasteiger charge is -2.30. The van der Waals surface area contributed by atoms with Gasteiger partial charge in [0.15, 0.2) is 45.6 Å². The first kappa shape index (κ1) is 98.3. The van der Waals surface area contributed by atoms with Crippen molar-refractivity contribution in [3.8, 4) is 0 Å². The number of anilines is 2. The van der Waals surface area contributed by atoms with Gasteiger partial charge in [-0.15, -0.1) is 0 Å². The average Bonchev–Trinajstić information content (AvgIpc) is 1.62. The van der Waals surface area contributed by atoms with Crippen molar-refractivity contribution in [3.63, 3.8) is 0 Å². The molecule has 4 aromatic heterocycles. The molecule has 21 N–H and O–H groups in total. The van der Waals surface area contributed by atoms with Gasteiger partial charge in [-0.05, 0) is 13.8 Å². The number of aliphatic hydroxyl groups excluding tert-OH is 4. The summed E-state index contributed by atoms with van der Waals surface area (Å²) in [4.78, 5) is 203. The van der Waals surface area contributed by atoms with Crippen LogP contribution in [0.5, 0.6) is 0 Å². The van der Waals surface area contributed by atoms with Gasteiger partial charge >= 0.3 is 52.9 Å². The summed E-state index contributed by atoms with van der Waals surface area (Å²) in [5.74, 6) is -4.07. The lowest BCUT2D eigenvalue weighted by atomic mass is 9.87. The zero-order chi connectivity index (χ0) is 84.9. The van der Waals surface area contributed by atoms with E-state index in [9.17, 15) is 130 Å². The normalized spacial score (nSPS) is 21.4. The van der Waals surface area contributed by atoms with Crippen LogP contribution in [0.3, 0.4) is 0 Å². The van der Waals surface area contributed by atoms with Gasteiger partial charge in [0.2, 0.25) is 23.6 Å². The second-order valence-corrected chi connectivity index (χ2v) is 35.7. The van der Waals surface area contributed by atoms with Crippen LogP contribution in [0.2, 0.25) is 0 Å². The van der Waals surface area contributed by atoms with Gasteiger partial charge in [-0.3, -0.25) is 79.4 Å². The molecule has 0 spiro atoms. The zero-order valence-corrected chi connectivity index (χ0v) is 66.7. The van der Waals surface area contributed by atoms with Crippen LogP contribution in [0.15, 0.2) is 25.3 Å². The van der Waals surface area contributed by atoms with Crippen LogP contribution >= 0.6 is 70.5 Å². The number of ketones is 2. The average molecular weight is 1760 g/mol. The number of carboxylic acids is 1. The molecule has 4 unspecified atom stereocenters. The number of aromatic nitrogens is 8. The topological polar surface area (TPSA) is 799 Å². The van der Waals surface area contributed by atoms with Gasteiger partial charge in [-0.25, -0.2) is 57.3 Å². The number of carbonyl (C=O) groups is 9. The van der Waals surface area contributed by atoms with E-state index in [1.54, 1.807) is 0 Å². The summed E-state index contributed by atoms with van der Waals surface area (Å²) in [6.45, 7) is 4.72. The number of nitrogen functional groups attached to an aromatic ring is 2. The highest BCUT2D eigenvalue weighted by Crippen LogP contribution is 2.63. The number of nitrogens with zero attached hydrogens (tertiary/aromatic N) is 8. The van der Waals surface area contributed by atoms with E-state index in [1.807, 2.05) is 0 Å².